The molecular weight excluding hydrogens is 1260 g/mol. The number of epoxide rings is 1. The molecular formula is C61H71F9N5O8P5. The molecule has 6 aromatic carbocycles. The van der Waals surface area contributed by atoms with Crippen LogP contribution in [0.5, 0.6) is 0 Å². The van der Waals surface area contributed by atoms with E-state index in [1.807, 2.05) is 36.4 Å². The summed E-state index contributed by atoms with van der Waals surface area (Å²) in [7, 11) is 11.4. The predicted molar refractivity (Wildman–Crippen MR) is 336 cm³/mol. The Balaban J connectivity index is 0.000000202. The Bertz CT molecular complexity index is 3230. The standard InChI is InChI=1S/C17H19FNO2P.C11H14F2NO2P.C11H12F2NO2P.C11H14F2NOP.C11H12F2NOP/c18-15-7-6-12(11-4-2-1-3-5-11)8-14(15)17-16(19-22)9-13(20)10-21-17;12-6-1-2-9(13)8(3-6)11(15)10(14-17)4-7-5-16-7;12-6-1-2-9(13)8(3-6)11-10(14-17)4-7(15)5-16-11;2*1-2-3-10(14-16)11(15)8-6-7(12)4-5-9(8)13/h1-8,13,16-17,19-20H,9-10,22H2;1-3,7,10-11,14-15H,4-5,17H2;1-3,10-11,14H,4-5,17H2;2,4-6,10-11,14-15H,1,3,16H2;2,4-6,10,14H,1,3,16H2/t13?,16-,17?;7?,10-,11?;2*10-,11?;/m0000./s1. The number of hydrogen-bond acceptors (Lipinski definition) is 13. The second kappa shape index (κ2) is 37.5. The van der Waals surface area contributed by atoms with Gasteiger partial charge in [-0.25, -0.2) is 39.5 Å². The molecule has 0 spiro atoms. The maximum Gasteiger partial charge on any atom is 0.183 e. The Kier molecular flexibility index (Phi) is 31.5. The van der Waals surface area contributed by atoms with Crippen LogP contribution in [0, 0.1) is 52.4 Å². The van der Waals surface area contributed by atoms with Crippen molar-refractivity contribution in [1.82, 2.24) is 25.4 Å². The van der Waals surface area contributed by atoms with Crippen LogP contribution in [0.2, 0.25) is 0 Å². The molecule has 12 unspecified atom stereocenters. The van der Waals surface area contributed by atoms with E-state index >= 15 is 0 Å². The number of ketones is 2. The van der Waals surface area contributed by atoms with Gasteiger partial charge in [0.05, 0.1) is 49.2 Å². The average molecular weight is 1330 g/mol. The van der Waals surface area contributed by atoms with Gasteiger partial charge < -0.3 is 29.5 Å². The third-order valence-corrected chi connectivity index (χ3v) is 16.0. The van der Waals surface area contributed by atoms with E-state index in [1.165, 1.54) is 12.1 Å². The number of benzene rings is 6. The Hall–Kier alpha value is -4.78. The third-order valence-electron chi connectivity index (χ3n) is 13.9. The minimum atomic E-state index is -1.12. The number of nitrogens with one attached hydrogen (secondary N) is 5. The first-order valence-electron chi connectivity index (χ1n) is 27.2. The van der Waals surface area contributed by atoms with Gasteiger partial charge in [0.25, 0.3) is 0 Å². The maximum absolute atomic E-state index is 14.3. The zero-order chi connectivity index (χ0) is 64.6. The maximum atomic E-state index is 14.3. The number of halogens is 9. The molecule has 0 amide bonds. The normalized spacial score (nSPS) is 20.3. The molecule has 0 aliphatic carbocycles. The van der Waals surface area contributed by atoms with E-state index in [9.17, 15) is 64.4 Å². The zero-order valence-corrected chi connectivity index (χ0v) is 53.1. The summed E-state index contributed by atoms with van der Waals surface area (Å²) in [5.74, 6) is -5.62. The van der Waals surface area contributed by atoms with Crippen LogP contribution in [0.15, 0.2) is 147 Å². The highest BCUT2D eigenvalue weighted by Crippen LogP contribution is 2.35. The van der Waals surface area contributed by atoms with Crippen molar-refractivity contribution >= 4 is 58.5 Å². The number of ether oxygens (including phenoxy) is 3. The molecule has 16 atom stereocenters. The number of carbonyl (C=O) groups excluding carboxylic acids is 2. The van der Waals surface area contributed by atoms with E-state index < -0.39 is 94.9 Å². The SMILES string of the molecule is C=CCC(NP)C(=O)c1cc(F)ccc1F.C=CC[C@H](NP)C(O)c1cc(F)ccc1F.O=C1COC(c2cc(F)ccc2F)[C@@H](NP)C1.OC(c1cc(F)ccc1F)[C@H](CC1CO1)NP.OC1COC(c2cc(-c3ccccc3)ccc2F)[C@@H](NP)C1. The number of rotatable bonds is 20. The molecule has 8 N–H and O–H groups in total. The zero-order valence-electron chi connectivity index (χ0n) is 47.3. The van der Waals surface area contributed by atoms with Crippen LogP contribution in [-0.2, 0) is 19.0 Å². The molecule has 88 heavy (non-hydrogen) atoms. The van der Waals surface area contributed by atoms with Gasteiger partial charge in [-0.1, -0.05) is 95.5 Å². The molecule has 9 rings (SSSR count). The van der Waals surface area contributed by atoms with Crippen LogP contribution in [0.4, 0.5) is 39.5 Å². The summed E-state index contributed by atoms with van der Waals surface area (Å²) in [6.45, 7) is 7.84. The van der Waals surface area contributed by atoms with Crippen LogP contribution >= 0.6 is 47.0 Å². The fraction of sp³-hybridized carbons (Fsp3) is 0.311. The molecule has 3 aliphatic heterocycles. The summed E-state index contributed by atoms with van der Waals surface area (Å²) in [4.78, 5) is 23.0. The Morgan fingerprint density at radius 1 is 0.568 bits per heavy atom. The Labute approximate surface area is 517 Å². The van der Waals surface area contributed by atoms with E-state index in [0.717, 1.165) is 83.9 Å². The second-order valence-electron chi connectivity index (χ2n) is 20.1. The monoisotopic (exact) mass is 1330 g/mol. The molecule has 0 aromatic heterocycles. The molecule has 3 heterocycles. The van der Waals surface area contributed by atoms with Gasteiger partial charge in [0.1, 0.15) is 71.2 Å². The first-order valence-corrected chi connectivity index (χ1v) is 30.1. The first-order chi connectivity index (χ1) is 42.1. The van der Waals surface area contributed by atoms with Crippen molar-refractivity contribution in [3.63, 3.8) is 0 Å². The number of aliphatic hydroxyl groups excluding tert-OH is 3. The quantitative estimate of drug-likeness (QED) is 0.0119. The lowest BCUT2D eigenvalue weighted by Gasteiger charge is -2.34. The van der Waals surface area contributed by atoms with E-state index in [2.05, 4.69) is 85.5 Å². The first kappa shape index (κ1) is 74.0. The summed E-state index contributed by atoms with van der Waals surface area (Å²) >= 11 is 0. The van der Waals surface area contributed by atoms with Crippen molar-refractivity contribution in [3.8, 4) is 11.1 Å². The number of carbonyl (C=O) groups is 2. The van der Waals surface area contributed by atoms with Crippen molar-refractivity contribution in [2.75, 3.05) is 19.8 Å². The van der Waals surface area contributed by atoms with Crippen LogP contribution in [0.3, 0.4) is 0 Å². The van der Waals surface area contributed by atoms with Gasteiger partial charge in [-0.05, 0) is 122 Å². The smallest absolute Gasteiger partial charge is 0.183 e. The second-order valence-corrected chi connectivity index (χ2v) is 21.8. The van der Waals surface area contributed by atoms with E-state index in [0.29, 0.717) is 37.9 Å². The van der Waals surface area contributed by atoms with Crippen LogP contribution < -0.4 is 25.4 Å². The van der Waals surface area contributed by atoms with Crippen molar-refractivity contribution in [2.24, 2.45) is 0 Å². The van der Waals surface area contributed by atoms with E-state index in [1.54, 1.807) is 12.1 Å². The fourth-order valence-electron chi connectivity index (χ4n) is 9.20. The van der Waals surface area contributed by atoms with Crippen LogP contribution in [-0.4, -0.2) is 89.1 Å². The minimum Gasteiger partial charge on any atom is -0.391 e. The van der Waals surface area contributed by atoms with Gasteiger partial charge in [-0.15, -0.1) is 13.2 Å². The van der Waals surface area contributed by atoms with Crippen molar-refractivity contribution in [1.29, 1.82) is 0 Å². The van der Waals surface area contributed by atoms with Crippen molar-refractivity contribution in [2.45, 2.75) is 98.9 Å². The number of aliphatic hydroxyl groups is 3. The molecule has 0 bridgehead atoms. The topological polar surface area (TPSA) is 186 Å². The van der Waals surface area contributed by atoms with Gasteiger partial charge in [-0.3, -0.25) is 35.0 Å². The molecule has 3 fully saturated rings. The molecule has 13 nitrogen and oxygen atoms in total. The fourth-order valence-corrected chi connectivity index (χ4v) is 10.7. The molecule has 3 aliphatic rings. The van der Waals surface area contributed by atoms with Crippen molar-refractivity contribution in [3.05, 3.63) is 227 Å². The van der Waals surface area contributed by atoms with Crippen LogP contribution in [0.25, 0.3) is 11.1 Å². The predicted octanol–water partition coefficient (Wildman–Crippen LogP) is 11.1. The molecule has 6 aromatic rings. The summed E-state index contributed by atoms with van der Waals surface area (Å²) in [5, 5.41) is 43.7. The minimum absolute atomic E-state index is 0.0365. The highest BCUT2D eigenvalue weighted by atomic mass is 31.0. The lowest BCUT2D eigenvalue weighted by molar-refractivity contribution is -0.133. The average Bonchev–Trinajstić information content (AvgIpc) is 3.65. The molecule has 27 heteroatoms. The van der Waals surface area contributed by atoms with Gasteiger partial charge >= 0.3 is 0 Å². The Morgan fingerprint density at radius 3 is 1.60 bits per heavy atom. The van der Waals surface area contributed by atoms with Gasteiger partial charge in [0, 0.05) is 52.8 Å². The van der Waals surface area contributed by atoms with Crippen molar-refractivity contribution < 1.29 is 78.6 Å². The summed E-state index contributed by atoms with van der Waals surface area (Å²) in [6.07, 6.45) is 1.55. The van der Waals surface area contributed by atoms with E-state index in [-0.39, 0.29) is 77.7 Å². The van der Waals surface area contributed by atoms with Gasteiger partial charge in [0.2, 0.25) is 0 Å². The molecule has 0 radical (unpaired) electrons. The molecule has 476 valence electrons. The van der Waals surface area contributed by atoms with Gasteiger partial charge in [-0.2, -0.15) is 0 Å². The summed E-state index contributed by atoms with van der Waals surface area (Å²) < 4.78 is 136. The highest BCUT2D eigenvalue weighted by Gasteiger charge is 2.35. The Morgan fingerprint density at radius 2 is 1.07 bits per heavy atom. The third kappa shape index (κ3) is 22.3. The van der Waals surface area contributed by atoms with E-state index in [4.69, 9.17) is 14.2 Å². The summed E-state index contributed by atoms with van der Waals surface area (Å²) in [6, 6.07) is 25.1. The number of Topliss-reactive ketones (excluding diaryl/α,β-unsaturated/α-hetero) is 2. The number of hydrogen-bond donors (Lipinski definition) is 8. The summed E-state index contributed by atoms with van der Waals surface area (Å²) in [5.41, 5.74) is 2.31. The molecule has 3 saturated heterocycles. The molecule has 0 saturated carbocycles. The largest absolute Gasteiger partial charge is 0.391 e. The van der Waals surface area contributed by atoms with Crippen LogP contribution in [0.1, 0.15) is 89.1 Å². The lowest BCUT2D eigenvalue weighted by atomic mass is 9.92. The van der Waals surface area contributed by atoms with Gasteiger partial charge in [0.15, 0.2) is 11.6 Å². The highest BCUT2D eigenvalue weighted by molar-refractivity contribution is 7.14. The lowest BCUT2D eigenvalue weighted by Crippen LogP contribution is -2.41.